The molecule has 0 amide bonds. The molecule has 0 saturated carbocycles. The third-order valence-corrected chi connectivity index (χ3v) is 3.01. The molecule has 3 nitrogen and oxygen atoms in total. The summed E-state index contributed by atoms with van der Waals surface area (Å²) in [5, 5.41) is 8.72. The van der Waals surface area contributed by atoms with E-state index in [1.165, 1.54) is 0 Å². The predicted octanol–water partition coefficient (Wildman–Crippen LogP) is 4.58. The smallest absolute Gasteiger partial charge is 0.335 e. The predicted molar refractivity (Wildman–Crippen MR) is 73.9 cm³/mol. The molecule has 2 rings (SSSR count). The van der Waals surface area contributed by atoms with Gasteiger partial charge in [-0.1, -0.05) is 26.0 Å². The Morgan fingerprint density at radius 1 is 1.10 bits per heavy atom. The molecule has 110 valence electrons. The molecule has 0 aromatic heterocycles. The Kier molecular flexibility index (Phi) is 4.21. The average molecular weight is 292 g/mol. The number of halogens is 2. The number of hydrogen-bond donors (Lipinski definition) is 1. The van der Waals surface area contributed by atoms with E-state index in [1.54, 1.807) is 24.3 Å². The Labute approximate surface area is 120 Å². The molecule has 0 aliphatic carbocycles. The van der Waals surface area contributed by atoms with Crippen LogP contribution in [-0.2, 0) is 0 Å². The molecule has 0 fully saturated rings. The quantitative estimate of drug-likeness (QED) is 0.897. The lowest BCUT2D eigenvalue weighted by Gasteiger charge is -2.10. The van der Waals surface area contributed by atoms with Gasteiger partial charge in [-0.25, -0.2) is 13.6 Å². The molecule has 2 aromatic rings. The van der Waals surface area contributed by atoms with Crippen molar-refractivity contribution in [3.8, 4) is 11.5 Å². The third kappa shape index (κ3) is 3.37. The fourth-order valence-electron chi connectivity index (χ4n) is 1.82. The zero-order valence-corrected chi connectivity index (χ0v) is 11.6. The van der Waals surface area contributed by atoms with E-state index in [0.717, 1.165) is 17.7 Å². The van der Waals surface area contributed by atoms with Crippen LogP contribution < -0.4 is 4.74 Å². The standard InChI is InChI=1S/C16H14F2O3/c1-9(2)10-3-5-12(6-4-10)21-15-13(17)7-11(16(19)20)8-14(15)18/h3-9H,1-2H3,(H,19,20). The molecular weight excluding hydrogens is 278 g/mol. The lowest BCUT2D eigenvalue weighted by molar-refractivity contribution is 0.0695. The van der Waals surface area contributed by atoms with Crippen LogP contribution in [0, 0.1) is 11.6 Å². The van der Waals surface area contributed by atoms with Crippen molar-refractivity contribution < 1.29 is 23.4 Å². The van der Waals surface area contributed by atoms with Crippen LogP contribution in [0.5, 0.6) is 11.5 Å². The van der Waals surface area contributed by atoms with Gasteiger partial charge in [-0.15, -0.1) is 0 Å². The van der Waals surface area contributed by atoms with Crippen molar-refractivity contribution in [3.63, 3.8) is 0 Å². The maximum absolute atomic E-state index is 13.7. The first-order valence-corrected chi connectivity index (χ1v) is 6.38. The lowest BCUT2D eigenvalue weighted by Crippen LogP contribution is -2.01. The molecule has 1 N–H and O–H groups in total. The summed E-state index contributed by atoms with van der Waals surface area (Å²) in [6, 6.07) is 8.29. The monoisotopic (exact) mass is 292 g/mol. The first kappa shape index (κ1) is 15.0. The van der Waals surface area contributed by atoms with Gasteiger partial charge in [-0.05, 0) is 35.7 Å². The van der Waals surface area contributed by atoms with Crippen LogP contribution in [0.2, 0.25) is 0 Å². The van der Waals surface area contributed by atoms with Crippen molar-refractivity contribution in [2.24, 2.45) is 0 Å². The highest BCUT2D eigenvalue weighted by Crippen LogP contribution is 2.29. The SMILES string of the molecule is CC(C)c1ccc(Oc2c(F)cc(C(=O)O)cc2F)cc1. The zero-order valence-electron chi connectivity index (χ0n) is 11.6. The normalized spacial score (nSPS) is 10.7. The Hall–Kier alpha value is -2.43. The largest absolute Gasteiger partial charge is 0.478 e. The van der Waals surface area contributed by atoms with Crippen molar-refractivity contribution >= 4 is 5.97 Å². The van der Waals surface area contributed by atoms with Crippen LogP contribution in [0.3, 0.4) is 0 Å². The second-order valence-corrected chi connectivity index (χ2v) is 4.90. The van der Waals surface area contributed by atoms with Gasteiger partial charge < -0.3 is 9.84 Å². The topological polar surface area (TPSA) is 46.5 Å². The van der Waals surface area contributed by atoms with Crippen LogP contribution in [0.25, 0.3) is 0 Å². The Balaban J connectivity index is 2.29. The maximum Gasteiger partial charge on any atom is 0.335 e. The fourth-order valence-corrected chi connectivity index (χ4v) is 1.82. The number of ether oxygens (including phenoxy) is 1. The molecule has 2 aromatic carbocycles. The van der Waals surface area contributed by atoms with Gasteiger partial charge in [-0.3, -0.25) is 0 Å². The zero-order chi connectivity index (χ0) is 15.6. The Morgan fingerprint density at radius 3 is 2.05 bits per heavy atom. The summed E-state index contributed by atoms with van der Waals surface area (Å²) in [4.78, 5) is 10.7. The number of benzene rings is 2. The molecule has 0 heterocycles. The summed E-state index contributed by atoms with van der Waals surface area (Å²) in [7, 11) is 0. The Bertz CT molecular complexity index is 641. The molecule has 0 saturated heterocycles. The molecule has 0 spiro atoms. The summed E-state index contributed by atoms with van der Waals surface area (Å²) >= 11 is 0. The minimum atomic E-state index is -1.40. The van der Waals surface area contributed by atoms with Crippen LogP contribution in [0.1, 0.15) is 35.7 Å². The van der Waals surface area contributed by atoms with Crippen molar-refractivity contribution in [2.45, 2.75) is 19.8 Å². The molecule has 0 aliphatic rings. The molecule has 0 atom stereocenters. The van der Waals surface area contributed by atoms with Gasteiger partial charge in [0.2, 0.25) is 0 Å². The summed E-state index contributed by atoms with van der Waals surface area (Å²) in [6.07, 6.45) is 0. The maximum atomic E-state index is 13.7. The van der Waals surface area contributed by atoms with Gasteiger partial charge in [0.05, 0.1) is 5.56 Å². The van der Waals surface area contributed by atoms with Gasteiger partial charge in [0.15, 0.2) is 17.4 Å². The molecule has 0 radical (unpaired) electrons. The van der Waals surface area contributed by atoms with E-state index in [-0.39, 0.29) is 5.75 Å². The second-order valence-electron chi connectivity index (χ2n) is 4.90. The van der Waals surface area contributed by atoms with Gasteiger partial charge >= 0.3 is 5.97 Å². The van der Waals surface area contributed by atoms with Crippen LogP contribution in [0.15, 0.2) is 36.4 Å². The highest BCUT2D eigenvalue weighted by atomic mass is 19.1. The van der Waals surface area contributed by atoms with Crippen molar-refractivity contribution in [2.75, 3.05) is 0 Å². The molecular formula is C16H14F2O3. The van der Waals surface area contributed by atoms with E-state index in [0.29, 0.717) is 5.92 Å². The fraction of sp³-hybridized carbons (Fsp3) is 0.188. The molecule has 0 aliphatic heterocycles. The van der Waals surface area contributed by atoms with E-state index >= 15 is 0 Å². The molecule has 0 bridgehead atoms. The summed E-state index contributed by atoms with van der Waals surface area (Å²) in [6.45, 7) is 4.06. The van der Waals surface area contributed by atoms with Gasteiger partial charge in [0, 0.05) is 0 Å². The lowest BCUT2D eigenvalue weighted by atomic mass is 10.0. The molecule has 0 unspecified atom stereocenters. The summed E-state index contributed by atoms with van der Waals surface area (Å²) in [5.74, 6) is -3.51. The number of hydrogen-bond acceptors (Lipinski definition) is 2. The minimum absolute atomic E-state index is 0.278. The highest BCUT2D eigenvalue weighted by Gasteiger charge is 2.16. The number of rotatable bonds is 4. The minimum Gasteiger partial charge on any atom is -0.478 e. The average Bonchev–Trinajstić information content (AvgIpc) is 2.43. The highest BCUT2D eigenvalue weighted by molar-refractivity contribution is 5.87. The van der Waals surface area contributed by atoms with E-state index < -0.39 is 28.9 Å². The number of aromatic carboxylic acids is 1. The second kappa shape index (κ2) is 5.91. The summed E-state index contributed by atoms with van der Waals surface area (Å²) in [5.41, 5.74) is 0.608. The van der Waals surface area contributed by atoms with E-state index in [4.69, 9.17) is 9.84 Å². The van der Waals surface area contributed by atoms with Crippen molar-refractivity contribution in [1.29, 1.82) is 0 Å². The number of carbonyl (C=O) groups is 1. The first-order valence-electron chi connectivity index (χ1n) is 6.38. The van der Waals surface area contributed by atoms with Gasteiger partial charge in [-0.2, -0.15) is 0 Å². The van der Waals surface area contributed by atoms with E-state index in [2.05, 4.69) is 0 Å². The summed E-state index contributed by atoms with van der Waals surface area (Å²) < 4.78 is 32.6. The first-order chi connectivity index (χ1) is 9.88. The number of carboxylic acids is 1. The van der Waals surface area contributed by atoms with Crippen LogP contribution in [0.4, 0.5) is 8.78 Å². The van der Waals surface area contributed by atoms with E-state index in [9.17, 15) is 13.6 Å². The van der Waals surface area contributed by atoms with Crippen molar-refractivity contribution in [1.82, 2.24) is 0 Å². The number of carboxylic acid groups (broad SMARTS) is 1. The van der Waals surface area contributed by atoms with Crippen LogP contribution >= 0.6 is 0 Å². The molecule has 21 heavy (non-hydrogen) atoms. The van der Waals surface area contributed by atoms with Crippen molar-refractivity contribution in [3.05, 3.63) is 59.2 Å². The third-order valence-electron chi connectivity index (χ3n) is 3.01. The van der Waals surface area contributed by atoms with Gasteiger partial charge in [0.25, 0.3) is 0 Å². The van der Waals surface area contributed by atoms with Crippen LogP contribution in [-0.4, -0.2) is 11.1 Å². The molecule has 5 heteroatoms. The van der Waals surface area contributed by atoms with E-state index in [1.807, 2.05) is 13.8 Å². The van der Waals surface area contributed by atoms with Gasteiger partial charge in [0.1, 0.15) is 5.75 Å². The Morgan fingerprint density at radius 2 is 1.62 bits per heavy atom.